The zero-order chi connectivity index (χ0) is 10.1. The number of aryl methyl sites for hydroxylation is 1. The van der Waals surface area contributed by atoms with Gasteiger partial charge in [-0.05, 0) is 6.42 Å². The van der Waals surface area contributed by atoms with Crippen LogP contribution >= 0.6 is 11.3 Å². The molecule has 0 bridgehead atoms. The molecule has 5 nitrogen and oxygen atoms in total. The predicted octanol–water partition coefficient (Wildman–Crippen LogP) is 0.686. The first-order valence-electron chi connectivity index (χ1n) is 4.36. The summed E-state index contributed by atoms with van der Waals surface area (Å²) in [5.74, 6) is 0.346. The molecule has 2 aromatic rings. The lowest BCUT2D eigenvalue weighted by Crippen LogP contribution is -2.10. The van der Waals surface area contributed by atoms with Crippen LogP contribution in [0.4, 0.5) is 5.82 Å². The number of hydrogen-bond acceptors (Lipinski definition) is 5. The Balaban J connectivity index is 2.64. The lowest BCUT2D eigenvalue weighted by Gasteiger charge is -1.93. The summed E-state index contributed by atoms with van der Waals surface area (Å²) in [5.41, 5.74) is 5.32. The highest BCUT2D eigenvalue weighted by Crippen LogP contribution is 2.14. The highest BCUT2D eigenvalue weighted by molar-refractivity contribution is 7.16. The highest BCUT2D eigenvalue weighted by Gasteiger charge is 2.06. The quantitative estimate of drug-likeness (QED) is 0.791. The summed E-state index contributed by atoms with van der Waals surface area (Å²) in [6, 6.07) is 1.28. The van der Waals surface area contributed by atoms with Crippen molar-refractivity contribution in [3.05, 3.63) is 21.4 Å². The summed E-state index contributed by atoms with van der Waals surface area (Å²) in [6.45, 7) is 2.08. The number of anilines is 1. The molecule has 0 atom stereocenters. The van der Waals surface area contributed by atoms with Crippen LogP contribution in [0.2, 0.25) is 0 Å². The zero-order valence-corrected chi connectivity index (χ0v) is 8.54. The van der Waals surface area contributed by atoms with Crippen LogP contribution in [0.25, 0.3) is 4.96 Å². The Morgan fingerprint density at radius 3 is 3.14 bits per heavy atom. The van der Waals surface area contributed by atoms with E-state index >= 15 is 0 Å². The largest absolute Gasteiger partial charge is 0.383 e. The van der Waals surface area contributed by atoms with Crippen molar-refractivity contribution in [3.63, 3.8) is 0 Å². The third kappa shape index (κ3) is 1.48. The second-order valence-corrected chi connectivity index (χ2v) is 4.00. The van der Waals surface area contributed by atoms with Gasteiger partial charge < -0.3 is 5.73 Å². The molecule has 0 radical (unpaired) electrons. The van der Waals surface area contributed by atoms with Gasteiger partial charge in [0.2, 0.25) is 4.96 Å². The van der Waals surface area contributed by atoms with Crippen LogP contribution in [0.5, 0.6) is 0 Å². The molecular formula is C8H10N4OS. The topological polar surface area (TPSA) is 73.3 Å². The van der Waals surface area contributed by atoms with Crippen molar-refractivity contribution in [2.24, 2.45) is 0 Å². The number of nitrogens with two attached hydrogens (primary N) is 1. The van der Waals surface area contributed by atoms with Crippen LogP contribution in [0.3, 0.4) is 0 Å². The molecule has 0 unspecified atom stereocenters. The number of aromatic nitrogens is 3. The Hall–Kier alpha value is -1.43. The molecule has 0 fully saturated rings. The number of nitrogens with zero attached hydrogens (tertiary/aromatic N) is 3. The van der Waals surface area contributed by atoms with Crippen LogP contribution in [-0.2, 0) is 6.42 Å². The standard InChI is InChI=1S/C8H10N4OS/c1-2-3-7-11-12-5(9)4-6(13)10-8(12)14-7/h4H,2-3,9H2,1H3. The van der Waals surface area contributed by atoms with Crippen molar-refractivity contribution < 1.29 is 0 Å². The van der Waals surface area contributed by atoms with Gasteiger partial charge in [-0.2, -0.15) is 14.6 Å². The van der Waals surface area contributed by atoms with Crippen LogP contribution in [-0.4, -0.2) is 14.6 Å². The average Bonchev–Trinajstić information content (AvgIpc) is 2.48. The van der Waals surface area contributed by atoms with Crippen LogP contribution < -0.4 is 11.3 Å². The maximum absolute atomic E-state index is 11.0. The second-order valence-electron chi connectivity index (χ2n) is 2.96. The Labute approximate surface area is 84.2 Å². The molecule has 0 spiro atoms. The molecular weight excluding hydrogens is 200 g/mol. The molecule has 2 rings (SSSR count). The number of nitrogen functional groups attached to an aromatic ring is 1. The molecule has 0 amide bonds. The fraction of sp³-hybridized carbons (Fsp3) is 0.375. The van der Waals surface area contributed by atoms with E-state index < -0.39 is 0 Å². The van der Waals surface area contributed by atoms with Gasteiger partial charge in [-0.1, -0.05) is 18.3 Å². The van der Waals surface area contributed by atoms with Gasteiger partial charge in [0, 0.05) is 12.5 Å². The molecule has 6 heteroatoms. The molecule has 2 heterocycles. The van der Waals surface area contributed by atoms with Crippen molar-refractivity contribution >= 4 is 22.1 Å². The molecule has 0 aliphatic carbocycles. The normalized spacial score (nSPS) is 10.9. The maximum atomic E-state index is 11.0. The minimum Gasteiger partial charge on any atom is -0.383 e. The number of rotatable bonds is 2. The van der Waals surface area contributed by atoms with Crippen molar-refractivity contribution in [2.75, 3.05) is 5.73 Å². The van der Waals surface area contributed by atoms with Crippen LogP contribution in [0, 0.1) is 0 Å². The highest BCUT2D eigenvalue weighted by atomic mass is 32.1. The van der Waals surface area contributed by atoms with Gasteiger partial charge in [0.15, 0.2) is 0 Å². The molecule has 0 saturated heterocycles. The van der Waals surface area contributed by atoms with Crippen LogP contribution in [0.15, 0.2) is 10.9 Å². The minimum atomic E-state index is -0.311. The summed E-state index contributed by atoms with van der Waals surface area (Å²) in [6.07, 6.45) is 1.91. The van der Waals surface area contributed by atoms with Gasteiger partial charge in [-0.25, -0.2) is 0 Å². The summed E-state index contributed by atoms with van der Waals surface area (Å²) >= 11 is 1.41. The smallest absolute Gasteiger partial charge is 0.276 e. The van der Waals surface area contributed by atoms with Gasteiger partial charge in [0.05, 0.1) is 0 Å². The van der Waals surface area contributed by atoms with Gasteiger partial charge in [0.1, 0.15) is 10.8 Å². The van der Waals surface area contributed by atoms with E-state index in [1.807, 2.05) is 0 Å². The average molecular weight is 210 g/mol. The first-order valence-corrected chi connectivity index (χ1v) is 5.17. The lowest BCUT2D eigenvalue weighted by molar-refractivity contribution is 0.843. The molecule has 0 saturated carbocycles. The summed E-state index contributed by atoms with van der Waals surface area (Å²) in [4.78, 5) is 15.4. The van der Waals surface area contributed by atoms with E-state index in [2.05, 4.69) is 17.0 Å². The fourth-order valence-corrected chi connectivity index (χ4v) is 2.20. The van der Waals surface area contributed by atoms with Crippen LogP contribution in [0.1, 0.15) is 18.4 Å². The van der Waals surface area contributed by atoms with E-state index in [1.165, 1.54) is 21.9 Å². The van der Waals surface area contributed by atoms with E-state index in [1.54, 1.807) is 0 Å². The minimum absolute atomic E-state index is 0.311. The SMILES string of the molecule is CCCc1nn2c(N)cc(=O)nc2s1. The van der Waals surface area contributed by atoms with E-state index in [0.717, 1.165) is 17.8 Å². The van der Waals surface area contributed by atoms with Gasteiger partial charge >= 0.3 is 0 Å². The summed E-state index contributed by atoms with van der Waals surface area (Å²) in [5, 5.41) is 5.21. The number of fused-ring (bicyclic) bond motifs is 1. The molecule has 2 aromatic heterocycles. The van der Waals surface area contributed by atoms with Crippen molar-refractivity contribution in [2.45, 2.75) is 19.8 Å². The van der Waals surface area contributed by atoms with Crippen molar-refractivity contribution in [1.82, 2.24) is 14.6 Å². The van der Waals surface area contributed by atoms with Gasteiger partial charge in [0.25, 0.3) is 5.56 Å². The molecule has 2 N–H and O–H groups in total. The Morgan fingerprint density at radius 1 is 1.64 bits per heavy atom. The van der Waals surface area contributed by atoms with Crippen molar-refractivity contribution in [1.29, 1.82) is 0 Å². The molecule has 0 aliphatic heterocycles. The van der Waals surface area contributed by atoms with Crippen molar-refractivity contribution in [3.8, 4) is 0 Å². The molecule has 0 aliphatic rings. The molecule has 0 aromatic carbocycles. The second kappa shape index (κ2) is 3.38. The lowest BCUT2D eigenvalue weighted by atomic mass is 10.4. The summed E-state index contributed by atoms with van der Waals surface area (Å²) < 4.78 is 1.51. The van der Waals surface area contributed by atoms with E-state index in [-0.39, 0.29) is 5.56 Å². The summed E-state index contributed by atoms with van der Waals surface area (Å²) in [7, 11) is 0. The van der Waals surface area contributed by atoms with Gasteiger partial charge in [-0.15, -0.1) is 0 Å². The first-order chi connectivity index (χ1) is 6.70. The fourth-order valence-electron chi connectivity index (χ4n) is 1.19. The van der Waals surface area contributed by atoms with Gasteiger partial charge in [-0.3, -0.25) is 4.79 Å². The molecule has 74 valence electrons. The van der Waals surface area contributed by atoms with E-state index in [9.17, 15) is 4.79 Å². The Bertz CT molecular complexity index is 516. The third-order valence-electron chi connectivity index (χ3n) is 1.79. The zero-order valence-electron chi connectivity index (χ0n) is 7.73. The Morgan fingerprint density at radius 2 is 2.43 bits per heavy atom. The monoisotopic (exact) mass is 210 g/mol. The van der Waals surface area contributed by atoms with E-state index in [0.29, 0.717) is 10.8 Å². The molecule has 14 heavy (non-hydrogen) atoms. The third-order valence-corrected chi connectivity index (χ3v) is 2.76. The van der Waals surface area contributed by atoms with E-state index in [4.69, 9.17) is 5.73 Å². The number of hydrogen-bond donors (Lipinski definition) is 1. The first kappa shape index (κ1) is 9.14. The predicted molar refractivity (Wildman–Crippen MR) is 55.5 cm³/mol. The maximum Gasteiger partial charge on any atom is 0.276 e. The Kier molecular flexibility index (Phi) is 2.20.